The third kappa shape index (κ3) is 2.10. The quantitative estimate of drug-likeness (QED) is 0.778. The average Bonchev–Trinajstić information content (AvgIpc) is 2.74. The molecule has 2 aromatic rings. The Labute approximate surface area is 111 Å². The minimum absolute atomic E-state index is 0.0390. The molecular formula is C14H17N3O2. The number of carbonyl (C=O) groups excluding carboxylic acids is 1. The molecule has 0 saturated carbocycles. The van der Waals surface area contributed by atoms with Gasteiger partial charge in [-0.15, -0.1) is 0 Å². The highest BCUT2D eigenvalue weighted by Crippen LogP contribution is 2.16. The first-order chi connectivity index (χ1) is 9.16. The highest BCUT2D eigenvalue weighted by Gasteiger charge is 2.23. The maximum atomic E-state index is 12.6. The van der Waals surface area contributed by atoms with Crippen molar-refractivity contribution in [2.24, 2.45) is 0 Å². The minimum Gasteiger partial charge on any atom is -0.378 e. The standard InChI is InChI=1S/C14H17N3O2/c1-10-3-4-17-12(9-10)15-11(2)13(17)14(18)16-5-7-19-8-6-16/h3-4,9H,5-8H2,1-2H3. The molecule has 0 N–H and O–H groups in total. The fraction of sp³-hybridized carbons (Fsp3) is 0.429. The summed E-state index contributed by atoms with van der Waals surface area (Å²) in [6.07, 6.45) is 1.92. The van der Waals surface area contributed by atoms with Crippen molar-refractivity contribution in [2.75, 3.05) is 26.3 Å². The van der Waals surface area contributed by atoms with Gasteiger partial charge in [0.05, 0.1) is 18.9 Å². The number of carbonyl (C=O) groups is 1. The Balaban J connectivity index is 2.03. The van der Waals surface area contributed by atoms with Crippen LogP contribution in [0.2, 0.25) is 0 Å². The van der Waals surface area contributed by atoms with Crippen LogP contribution < -0.4 is 0 Å². The van der Waals surface area contributed by atoms with E-state index in [2.05, 4.69) is 4.98 Å². The van der Waals surface area contributed by atoms with Crippen molar-refractivity contribution >= 4 is 11.6 Å². The van der Waals surface area contributed by atoms with Crippen LogP contribution in [0.1, 0.15) is 21.7 Å². The predicted octanol–water partition coefficient (Wildman–Crippen LogP) is 1.42. The molecule has 19 heavy (non-hydrogen) atoms. The van der Waals surface area contributed by atoms with E-state index in [1.54, 1.807) is 0 Å². The third-order valence-electron chi connectivity index (χ3n) is 3.46. The smallest absolute Gasteiger partial charge is 0.272 e. The van der Waals surface area contributed by atoms with Crippen molar-refractivity contribution in [1.82, 2.24) is 14.3 Å². The molecule has 1 fully saturated rings. The van der Waals surface area contributed by atoms with Crippen LogP contribution in [0.5, 0.6) is 0 Å². The molecule has 0 radical (unpaired) electrons. The normalized spacial score (nSPS) is 16.0. The van der Waals surface area contributed by atoms with Gasteiger partial charge in [0.1, 0.15) is 11.3 Å². The molecule has 1 aliphatic heterocycles. The number of ether oxygens (including phenoxy) is 1. The molecule has 0 bridgehead atoms. The number of hydrogen-bond donors (Lipinski definition) is 0. The topological polar surface area (TPSA) is 46.8 Å². The van der Waals surface area contributed by atoms with Gasteiger partial charge in [-0.2, -0.15) is 0 Å². The van der Waals surface area contributed by atoms with E-state index >= 15 is 0 Å². The van der Waals surface area contributed by atoms with E-state index in [-0.39, 0.29) is 5.91 Å². The summed E-state index contributed by atoms with van der Waals surface area (Å²) in [4.78, 5) is 18.9. The van der Waals surface area contributed by atoms with Gasteiger partial charge in [0.25, 0.3) is 5.91 Å². The van der Waals surface area contributed by atoms with Crippen LogP contribution in [-0.2, 0) is 4.74 Å². The van der Waals surface area contributed by atoms with Gasteiger partial charge in [0.2, 0.25) is 0 Å². The first kappa shape index (κ1) is 12.2. The number of rotatable bonds is 1. The van der Waals surface area contributed by atoms with Crippen LogP contribution in [0.25, 0.3) is 5.65 Å². The molecule has 100 valence electrons. The summed E-state index contributed by atoms with van der Waals surface area (Å²) >= 11 is 0. The van der Waals surface area contributed by atoms with Crippen molar-refractivity contribution in [2.45, 2.75) is 13.8 Å². The number of hydrogen-bond acceptors (Lipinski definition) is 3. The number of fused-ring (bicyclic) bond motifs is 1. The summed E-state index contributed by atoms with van der Waals surface area (Å²) in [6.45, 7) is 6.43. The van der Waals surface area contributed by atoms with Crippen LogP contribution in [0.4, 0.5) is 0 Å². The summed E-state index contributed by atoms with van der Waals surface area (Å²) in [7, 11) is 0. The van der Waals surface area contributed by atoms with Crippen LogP contribution in [0.3, 0.4) is 0 Å². The second-order valence-corrected chi connectivity index (χ2v) is 4.88. The maximum Gasteiger partial charge on any atom is 0.272 e. The van der Waals surface area contributed by atoms with E-state index < -0.39 is 0 Å². The Kier molecular flexibility index (Phi) is 2.98. The molecule has 3 rings (SSSR count). The summed E-state index contributed by atoms with van der Waals surface area (Å²) in [5.41, 5.74) is 3.41. The molecule has 0 spiro atoms. The SMILES string of the molecule is Cc1ccn2c(C(=O)N3CCOCC3)c(C)nc2c1. The Hall–Kier alpha value is -1.88. The summed E-state index contributed by atoms with van der Waals surface area (Å²) in [5.74, 6) is 0.0390. The zero-order chi connectivity index (χ0) is 13.4. The van der Waals surface area contributed by atoms with Crippen LogP contribution in [0, 0.1) is 13.8 Å². The Morgan fingerprint density at radius 3 is 2.79 bits per heavy atom. The van der Waals surface area contributed by atoms with Crippen molar-refractivity contribution in [3.63, 3.8) is 0 Å². The van der Waals surface area contributed by atoms with Crippen molar-refractivity contribution in [3.8, 4) is 0 Å². The summed E-state index contributed by atoms with van der Waals surface area (Å²) < 4.78 is 7.16. The van der Waals surface area contributed by atoms with Gasteiger partial charge in [0.15, 0.2) is 0 Å². The van der Waals surface area contributed by atoms with Crippen LogP contribution in [-0.4, -0.2) is 46.5 Å². The molecule has 0 atom stereocenters. The molecule has 1 saturated heterocycles. The first-order valence-electron chi connectivity index (χ1n) is 6.49. The second-order valence-electron chi connectivity index (χ2n) is 4.88. The van der Waals surface area contributed by atoms with Gasteiger partial charge in [-0.05, 0) is 31.5 Å². The van der Waals surface area contributed by atoms with E-state index in [4.69, 9.17) is 4.74 Å². The Morgan fingerprint density at radius 2 is 2.05 bits per heavy atom. The molecular weight excluding hydrogens is 242 g/mol. The molecule has 0 unspecified atom stereocenters. The zero-order valence-corrected chi connectivity index (χ0v) is 11.2. The van der Waals surface area contributed by atoms with Gasteiger partial charge >= 0.3 is 0 Å². The van der Waals surface area contributed by atoms with Crippen molar-refractivity contribution < 1.29 is 9.53 Å². The molecule has 0 aromatic carbocycles. The minimum atomic E-state index is 0.0390. The zero-order valence-electron chi connectivity index (χ0n) is 11.2. The molecule has 1 amide bonds. The molecule has 3 heterocycles. The number of morpholine rings is 1. The fourth-order valence-corrected chi connectivity index (χ4v) is 2.44. The van der Waals surface area contributed by atoms with Gasteiger partial charge in [-0.1, -0.05) is 0 Å². The largest absolute Gasteiger partial charge is 0.378 e. The van der Waals surface area contributed by atoms with Gasteiger partial charge in [-0.25, -0.2) is 4.98 Å². The van der Waals surface area contributed by atoms with E-state index in [1.165, 1.54) is 0 Å². The molecule has 1 aliphatic rings. The Morgan fingerprint density at radius 1 is 1.32 bits per heavy atom. The number of aromatic nitrogens is 2. The monoisotopic (exact) mass is 259 g/mol. The lowest BCUT2D eigenvalue weighted by Gasteiger charge is -2.26. The molecule has 0 aliphatic carbocycles. The number of imidazole rings is 1. The highest BCUT2D eigenvalue weighted by molar-refractivity contribution is 5.94. The second kappa shape index (κ2) is 4.66. The number of aryl methyl sites for hydroxylation is 2. The van der Waals surface area contributed by atoms with E-state index in [9.17, 15) is 4.79 Å². The number of pyridine rings is 1. The van der Waals surface area contributed by atoms with Gasteiger partial charge in [0, 0.05) is 19.3 Å². The number of nitrogens with zero attached hydrogens (tertiary/aromatic N) is 3. The van der Waals surface area contributed by atoms with E-state index in [0.717, 1.165) is 16.9 Å². The Bertz CT molecular complexity index is 627. The lowest BCUT2D eigenvalue weighted by molar-refractivity contribution is 0.0298. The average molecular weight is 259 g/mol. The van der Waals surface area contributed by atoms with Crippen molar-refractivity contribution in [1.29, 1.82) is 0 Å². The molecule has 5 heteroatoms. The van der Waals surface area contributed by atoms with Gasteiger partial charge < -0.3 is 9.64 Å². The molecule has 2 aromatic heterocycles. The fourth-order valence-electron chi connectivity index (χ4n) is 2.44. The van der Waals surface area contributed by atoms with E-state index in [0.29, 0.717) is 32.0 Å². The maximum absolute atomic E-state index is 12.6. The predicted molar refractivity (Wildman–Crippen MR) is 71.4 cm³/mol. The lowest BCUT2D eigenvalue weighted by Crippen LogP contribution is -2.41. The lowest BCUT2D eigenvalue weighted by atomic mass is 10.2. The molecule has 5 nitrogen and oxygen atoms in total. The van der Waals surface area contributed by atoms with Crippen LogP contribution in [0.15, 0.2) is 18.3 Å². The number of amides is 1. The third-order valence-corrected chi connectivity index (χ3v) is 3.46. The van der Waals surface area contributed by atoms with E-state index in [1.807, 2.05) is 41.5 Å². The van der Waals surface area contributed by atoms with Gasteiger partial charge in [-0.3, -0.25) is 9.20 Å². The summed E-state index contributed by atoms with van der Waals surface area (Å²) in [5, 5.41) is 0. The first-order valence-corrected chi connectivity index (χ1v) is 6.49. The highest BCUT2D eigenvalue weighted by atomic mass is 16.5. The van der Waals surface area contributed by atoms with Crippen LogP contribution >= 0.6 is 0 Å². The summed E-state index contributed by atoms with van der Waals surface area (Å²) in [6, 6.07) is 3.98. The van der Waals surface area contributed by atoms with Crippen molar-refractivity contribution in [3.05, 3.63) is 35.3 Å².